The van der Waals surface area contributed by atoms with Crippen LogP contribution in [0.4, 0.5) is 11.4 Å². The summed E-state index contributed by atoms with van der Waals surface area (Å²) < 4.78 is 0. The van der Waals surface area contributed by atoms with Crippen molar-refractivity contribution in [1.82, 2.24) is 4.98 Å². The summed E-state index contributed by atoms with van der Waals surface area (Å²) in [7, 11) is 2.09. The highest BCUT2D eigenvalue weighted by Gasteiger charge is 2.15. The van der Waals surface area contributed by atoms with Gasteiger partial charge in [-0.1, -0.05) is 12.0 Å². The van der Waals surface area contributed by atoms with Crippen molar-refractivity contribution in [2.24, 2.45) is 5.41 Å². The molecule has 2 heterocycles. The summed E-state index contributed by atoms with van der Waals surface area (Å²) in [4.78, 5) is 19.0. The second-order valence-corrected chi connectivity index (χ2v) is 7.75. The van der Waals surface area contributed by atoms with E-state index in [0.29, 0.717) is 11.3 Å². The van der Waals surface area contributed by atoms with Crippen LogP contribution < -0.4 is 10.2 Å². The summed E-state index contributed by atoms with van der Waals surface area (Å²) in [6.45, 7) is 7.21. The van der Waals surface area contributed by atoms with Crippen molar-refractivity contribution in [3.05, 3.63) is 53.3 Å². The van der Waals surface area contributed by atoms with Crippen LogP contribution >= 0.6 is 0 Å². The molecule has 2 aromatic rings. The molecule has 1 amide bonds. The van der Waals surface area contributed by atoms with Gasteiger partial charge in [0.15, 0.2) is 0 Å². The zero-order valence-electron chi connectivity index (χ0n) is 15.9. The monoisotopic (exact) mass is 347 g/mol. The number of aryl methyl sites for hydroxylation is 1. The second kappa shape index (κ2) is 7.21. The molecule has 0 bridgehead atoms. The van der Waals surface area contributed by atoms with Gasteiger partial charge in [-0.25, -0.2) is 4.98 Å². The number of aromatic nitrogens is 1. The average Bonchev–Trinajstić information content (AvgIpc) is 2.60. The highest BCUT2D eigenvalue weighted by Crippen LogP contribution is 2.29. The Labute approximate surface area is 155 Å². The quantitative estimate of drug-likeness (QED) is 0.832. The molecule has 0 saturated heterocycles. The molecule has 0 radical (unpaired) electrons. The minimum atomic E-state index is -0.161. The van der Waals surface area contributed by atoms with Crippen molar-refractivity contribution in [3.8, 4) is 11.8 Å². The number of carbonyl (C=O) groups is 1. The Morgan fingerprint density at radius 2 is 2.04 bits per heavy atom. The van der Waals surface area contributed by atoms with Gasteiger partial charge < -0.3 is 10.2 Å². The smallest absolute Gasteiger partial charge is 0.257 e. The number of benzene rings is 1. The summed E-state index contributed by atoms with van der Waals surface area (Å²) in [5, 5.41) is 2.96. The lowest BCUT2D eigenvalue weighted by atomic mass is 9.98. The Morgan fingerprint density at radius 1 is 1.23 bits per heavy atom. The third kappa shape index (κ3) is 4.43. The molecule has 26 heavy (non-hydrogen) atoms. The van der Waals surface area contributed by atoms with Gasteiger partial charge in [-0.05, 0) is 69.4 Å². The van der Waals surface area contributed by atoms with Gasteiger partial charge in [0, 0.05) is 36.6 Å². The fourth-order valence-corrected chi connectivity index (χ4v) is 2.89. The molecule has 4 heteroatoms. The van der Waals surface area contributed by atoms with Crippen LogP contribution in [0.2, 0.25) is 0 Å². The summed E-state index contributed by atoms with van der Waals surface area (Å²) in [6, 6.07) is 9.66. The van der Waals surface area contributed by atoms with Gasteiger partial charge >= 0.3 is 0 Å². The molecule has 0 aliphatic carbocycles. The second-order valence-electron chi connectivity index (χ2n) is 7.75. The molecule has 1 N–H and O–H groups in total. The van der Waals surface area contributed by atoms with Crippen molar-refractivity contribution >= 4 is 17.3 Å². The third-order valence-corrected chi connectivity index (χ3v) is 4.29. The van der Waals surface area contributed by atoms with Gasteiger partial charge in [0.25, 0.3) is 5.91 Å². The van der Waals surface area contributed by atoms with Crippen LogP contribution in [-0.4, -0.2) is 24.5 Å². The lowest BCUT2D eigenvalue weighted by Crippen LogP contribution is -2.24. The number of carbonyl (C=O) groups excluding carboxylic acids is 1. The van der Waals surface area contributed by atoms with Gasteiger partial charge in [-0.2, -0.15) is 0 Å². The first kappa shape index (κ1) is 18.0. The minimum absolute atomic E-state index is 0.0721. The van der Waals surface area contributed by atoms with E-state index in [0.717, 1.165) is 18.7 Å². The van der Waals surface area contributed by atoms with Gasteiger partial charge in [0.2, 0.25) is 0 Å². The molecule has 134 valence electrons. The molecule has 4 nitrogen and oxygen atoms in total. The molecule has 1 aromatic carbocycles. The number of pyridine rings is 1. The van der Waals surface area contributed by atoms with Gasteiger partial charge in [0.05, 0.1) is 5.56 Å². The van der Waals surface area contributed by atoms with E-state index in [1.807, 2.05) is 12.1 Å². The summed E-state index contributed by atoms with van der Waals surface area (Å²) in [6.07, 6.45) is 3.84. The first-order chi connectivity index (χ1) is 12.3. The molecule has 0 atom stereocenters. The highest BCUT2D eigenvalue weighted by atomic mass is 16.1. The maximum Gasteiger partial charge on any atom is 0.257 e. The summed E-state index contributed by atoms with van der Waals surface area (Å²) in [5.41, 5.74) is 4.46. The zero-order valence-corrected chi connectivity index (χ0v) is 15.9. The largest absolute Gasteiger partial charge is 0.374 e. The fraction of sp³-hybridized carbons (Fsp3) is 0.364. The Hall–Kier alpha value is -2.80. The molecular formula is C22H25N3O. The SMILES string of the molecule is CN1CCCc2ccc(NC(=O)c3ccc(C#CC(C)(C)C)nc3)cc21. The number of fused-ring (bicyclic) bond motifs is 1. The van der Waals surface area contributed by atoms with Crippen LogP contribution in [0.25, 0.3) is 0 Å². The lowest BCUT2D eigenvalue weighted by molar-refractivity contribution is 0.102. The first-order valence-corrected chi connectivity index (χ1v) is 8.96. The van der Waals surface area contributed by atoms with Crippen LogP contribution in [0, 0.1) is 17.3 Å². The van der Waals surface area contributed by atoms with Crippen LogP contribution in [0.3, 0.4) is 0 Å². The van der Waals surface area contributed by atoms with Crippen LogP contribution in [0.5, 0.6) is 0 Å². The van der Waals surface area contributed by atoms with Crippen molar-refractivity contribution in [2.75, 3.05) is 23.8 Å². The van der Waals surface area contributed by atoms with Crippen molar-refractivity contribution in [1.29, 1.82) is 0 Å². The van der Waals surface area contributed by atoms with E-state index in [2.05, 4.69) is 60.9 Å². The molecule has 0 fully saturated rings. The van der Waals surface area contributed by atoms with Crippen LogP contribution in [0.15, 0.2) is 36.5 Å². The predicted molar refractivity (Wildman–Crippen MR) is 107 cm³/mol. The Kier molecular flexibility index (Phi) is 4.99. The topological polar surface area (TPSA) is 45.2 Å². The Morgan fingerprint density at radius 3 is 2.73 bits per heavy atom. The van der Waals surface area contributed by atoms with E-state index in [1.165, 1.54) is 17.7 Å². The van der Waals surface area contributed by atoms with Gasteiger partial charge in [-0.3, -0.25) is 4.79 Å². The van der Waals surface area contributed by atoms with E-state index in [-0.39, 0.29) is 11.3 Å². The third-order valence-electron chi connectivity index (χ3n) is 4.29. The lowest BCUT2D eigenvalue weighted by Gasteiger charge is -2.28. The molecule has 0 spiro atoms. The molecule has 0 unspecified atom stereocenters. The van der Waals surface area contributed by atoms with Crippen molar-refractivity contribution in [3.63, 3.8) is 0 Å². The number of anilines is 2. The van der Waals surface area contributed by atoms with E-state index in [9.17, 15) is 4.79 Å². The van der Waals surface area contributed by atoms with Crippen molar-refractivity contribution in [2.45, 2.75) is 33.6 Å². The standard InChI is InChI=1S/C22H25N3O/c1-22(2,3)12-11-18-9-8-17(15-23-18)21(26)24-19-10-7-16-6-5-13-25(4)20(16)14-19/h7-10,14-15H,5-6,13H2,1-4H3,(H,24,26). The molecule has 3 rings (SSSR count). The number of amides is 1. The molecule has 1 aliphatic heterocycles. The predicted octanol–water partition coefficient (Wildman–Crippen LogP) is 4.11. The fourth-order valence-electron chi connectivity index (χ4n) is 2.89. The van der Waals surface area contributed by atoms with Crippen LogP contribution in [0.1, 0.15) is 48.8 Å². The minimum Gasteiger partial charge on any atom is -0.374 e. The van der Waals surface area contributed by atoms with Gasteiger partial charge in [0.1, 0.15) is 5.69 Å². The maximum atomic E-state index is 12.5. The van der Waals surface area contributed by atoms with E-state index in [1.54, 1.807) is 18.3 Å². The Balaban J connectivity index is 1.72. The number of nitrogens with zero attached hydrogens (tertiary/aromatic N) is 2. The number of hydrogen-bond donors (Lipinski definition) is 1. The number of nitrogens with one attached hydrogen (secondary N) is 1. The molecular weight excluding hydrogens is 322 g/mol. The normalized spacial score (nSPS) is 13.5. The summed E-state index contributed by atoms with van der Waals surface area (Å²) >= 11 is 0. The molecule has 0 saturated carbocycles. The maximum absolute atomic E-state index is 12.5. The van der Waals surface area contributed by atoms with Gasteiger partial charge in [-0.15, -0.1) is 0 Å². The van der Waals surface area contributed by atoms with E-state index >= 15 is 0 Å². The Bertz CT molecular complexity index is 867. The van der Waals surface area contributed by atoms with Crippen molar-refractivity contribution < 1.29 is 4.79 Å². The first-order valence-electron chi connectivity index (χ1n) is 8.96. The average molecular weight is 347 g/mol. The van der Waals surface area contributed by atoms with Crippen LogP contribution in [-0.2, 0) is 6.42 Å². The molecule has 1 aliphatic rings. The van der Waals surface area contributed by atoms with E-state index < -0.39 is 0 Å². The number of hydrogen-bond acceptors (Lipinski definition) is 3. The zero-order chi connectivity index (χ0) is 18.7. The van der Waals surface area contributed by atoms with E-state index in [4.69, 9.17) is 0 Å². The number of rotatable bonds is 2. The molecule has 1 aromatic heterocycles. The highest BCUT2D eigenvalue weighted by molar-refractivity contribution is 6.04. The summed E-state index contributed by atoms with van der Waals surface area (Å²) in [5.74, 6) is 6.02.